The van der Waals surface area contributed by atoms with Crippen molar-refractivity contribution in [2.24, 2.45) is 0 Å². The number of esters is 1. The minimum Gasteiger partial charge on any atom is -0.464 e. The number of unbranched alkanes of at least 4 members (excludes halogenated alkanes) is 1. The van der Waals surface area contributed by atoms with Gasteiger partial charge in [0.2, 0.25) is 10.4 Å². The first-order valence-electron chi connectivity index (χ1n) is 15.2. The van der Waals surface area contributed by atoms with E-state index in [2.05, 4.69) is 15.1 Å². The van der Waals surface area contributed by atoms with E-state index in [0.29, 0.717) is 0 Å². The van der Waals surface area contributed by atoms with Crippen LogP contribution in [0.3, 0.4) is 0 Å². The van der Waals surface area contributed by atoms with Crippen molar-refractivity contribution in [3.63, 3.8) is 0 Å². The Morgan fingerprint density at radius 2 is 1.55 bits per heavy atom. The number of amides is 1. The van der Waals surface area contributed by atoms with Gasteiger partial charge in [-0.05, 0) is 58.1 Å². The molecule has 3 aromatic carbocycles. The molecule has 0 bridgehead atoms. The molecular formula is C33H33N4O11S+. The Hall–Kier alpha value is -5.74. The standard InChI is InChI=1S/C33H32N4O11S/c38-27(33(41)46-18-8-7-17-45-31-32(37(42)48-36-31)49(43,44)26-11-5-2-6-12-26)20-25(34-30(40)28-21-29(39)35-47-28)19-22-13-15-24(16-14-22)23-9-3-1-4-10-23/h1-6,9-16,21,25,27,38H,7-8,17-20H2,(H2-,34,35,36,39,40,42)/p+1. The van der Waals surface area contributed by atoms with E-state index in [-0.39, 0.29) is 60.0 Å². The molecule has 0 radical (unpaired) electrons. The summed E-state index contributed by atoms with van der Waals surface area (Å²) in [6.07, 6.45) is -0.997. The summed E-state index contributed by atoms with van der Waals surface area (Å²) in [5.41, 5.74) is 2.24. The van der Waals surface area contributed by atoms with E-state index in [9.17, 15) is 32.8 Å². The van der Waals surface area contributed by atoms with E-state index in [1.165, 1.54) is 24.3 Å². The molecule has 2 unspecified atom stereocenters. The number of aromatic amines is 2. The van der Waals surface area contributed by atoms with E-state index in [4.69, 9.17) is 14.0 Å². The second kappa shape index (κ2) is 15.9. The number of nitrogens with one attached hydrogen (secondary N) is 3. The lowest BCUT2D eigenvalue weighted by Crippen LogP contribution is -2.41. The lowest BCUT2D eigenvalue weighted by Gasteiger charge is -2.21. The van der Waals surface area contributed by atoms with E-state index in [0.717, 1.165) is 22.8 Å². The number of aliphatic hydroxyl groups excluding tert-OH is 1. The number of hydrogen-bond acceptors (Lipinski definition) is 11. The molecule has 0 fully saturated rings. The molecule has 16 heteroatoms. The largest absolute Gasteiger partial charge is 0.464 e. The summed E-state index contributed by atoms with van der Waals surface area (Å²) in [5, 5.41) is 16.8. The molecule has 2 atom stereocenters. The summed E-state index contributed by atoms with van der Waals surface area (Å²) in [4.78, 5) is 48.8. The second-order valence-electron chi connectivity index (χ2n) is 10.9. The number of aromatic nitrogens is 3. The first-order chi connectivity index (χ1) is 23.6. The number of hydrogen-bond donors (Lipinski definition) is 4. The third-order valence-electron chi connectivity index (χ3n) is 7.32. The summed E-state index contributed by atoms with van der Waals surface area (Å²) < 4.78 is 45.7. The molecule has 256 valence electrons. The van der Waals surface area contributed by atoms with Crippen molar-refractivity contribution in [1.29, 1.82) is 0 Å². The van der Waals surface area contributed by atoms with Crippen molar-refractivity contribution >= 4 is 21.7 Å². The molecule has 0 saturated heterocycles. The van der Waals surface area contributed by atoms with Crippen LogP contribution in [0.15, 0.2) is 115 Å². The fourth-order valence-electron chi connectivity index (χ4n) is 4.88. The molecule has 0 aliphatic rings. The number of rotatable bonds is 16. The minimum absolute atomic E-state index is 0.0557. The van der Waals surface area contributed by atoms with Crippen LogP contribution in [-0.4, -0.2) is 61.1 Å². The van der Waals surface area contributed by atoms with Gasteiger partial charge in [0.05, 0.1) is 24.2 Å². The molecule has 15 nitrogen and oxygen atoms in total. The normalized spacial score (nSPS) is 12.6. The average molecular weight is 694 g/mol. The van der Waals surface area contributed by atoms with Gasteiger partial charge in [0.1, 0.15) is 0 Å². The fourth-order valence-corrected chi connectivity index (χ4v) is 6.20. The van der Waals surface area contributed by atoms with Gasteiger partial charge in [-0.25, -0.2) is 13.2 Å². The zero-order valence-corrected chi connectivity index (χ0v) is 26.8. The Bertz CT molecular complexity index is 2070. The lowest BCUT2D eigenvalue weighted by molar-refractivity contribution is -0.744. The van der Waals surface area contributed by atoms with Gasteiger partial charge in [0.15, 0.2) is 6.10 Å². The summed E-state index contributed by atoms with van der Waals surface area (Å²) in [6, 6.07) is 24.9. The Morgan fingerprint density at radius 1 is 0.898 bits per heavy atom. The predicted octanol–water partition coefficient (Wildman–Crippen LogP) is 2.80. The smallest absolute Gasteiger partial charge is 0.404 e. The summed E-state index contributed by atoms with van der Waals surface area (Å²) in [7, 11) is -4.23. The Balaban J connectivity index is 1.13. The van der Waals surface area contributed by atoms with Crippen LogP contribution in [0, 0.1) is 4.91 Å². The van der Waals surface area contributed by atoms with Crippen molar-refractivity contribution in [2.45, 2.75) is 47.8 Å². The van der Waals surface area contributed by atoms with Crippen LogP contribution < -0.4 is 20.2 Å². The van der Waals surface area contributed by atoms with Crippen molar-refractivity contribution in [3.8, 4) is 17.0 Å². The third-order valence-corrected chi connectivity index (χ3v) is 9.06. The highest BCUT2D eigenvalue weighted by atomic mass is 32.2. The van der Waals surface area contributed by atoms with Gasteiger partial charge in [0.25, 0.3) is 21.3 Å². The Labute approximate surface area is 278 Å². The first-order valence-corrected chi connectivity index (χ1v) is 16.7. The first kappa shape index (κ1) is 34.6. The number of sulfone groups is 1. The van der Waals surface area contributed by atoms with Crippen LogP contribution in [0.25, 0.3) is 11.1 Å². The number of ether oxygens (including phenoxy) is 2. The molecule has 2 heterocycles. The zero-order valence-electron chi connectivity index (χ0n) is 25.9. The summed E-state index contributed by atoms with van der Waals surface area (Å²) in [6.45, 7) is -0.155. The van der Waals surface area contributed by atoms with Crippen LogP contribution >= 0.6 is 0 Å². The molecule has 49 heavy (non-hydrogen) atoms. The van der Waals surface area contributed by atoms with Crippen molar-refractivity contribution in [1.82, 2.24) is 15.6 Å². The number of carbonyl (C=O) groups is 2. The molecule has 0 aliphatic carbocycles. The molecule has 0 saturated carbocycles. The van der Waals surface area contributed by atoms with Crippen molar-refractivity contribution in [2.75, 3.05) is 13.2 Å². The average Bonchev–Trinajstić information content (AvgIpc) is 3.72. The van der Waals surface area contributed by atoms with Crippen LogP contribution in [0.2, 0.25) is 0 Å². The Morgan fingerprint density at radius 3 is 2.22 bits per heavy atom. The Kier molecular flexibility index (Phi) is 11.2. The van der Waals surface area contributed by atoms with Crippen molar-refractivity contribution < 1.29 is 46.3 Å². The van der Waals surface area contributed by atoms with Gasteiger partial charge in [-0.15, -0.1) is 0 Å². The number of benzene rings is 3. The van der Waals surface area contributed by atoms with Gasteiger partial charge in [0, 0.05) is 12.5 Å². The van der Waals surface area contributed by atoms with Gasteiger partial charge < -0.3 is 24.4 Å². The van der Waals surface area contributed by atoms with E-state index >= 15 is 0 Å². The molecule has 0 aliphatic heterocycles. The van der Waals surface area contributed by atoms with Gasteiger partial charge >= 0.3 is 16.9 Å². The van der Waals surface area contributed by atoms with Gasteiger partial charge in [-0.2, -0.15) is 5.16 Å². The van der Waals surface area contributed by atoms with Gasteiger partial charge in [-0.3, -0.25) is 9.59 Å². The molecule has 1 amide bonds. The van der Waals surface area contributed by atoms with Gasteiger partial charge in [-0.1, -0.05) is 77.4 Å². The zero-order chi connectivity index (χ0) is 34.8. The highest BCUT2D eigenvalue weighted by Gasteiger charge is 2.37. The quantitative estimate of drug-likeness (QED) is 0.0870. The summed E-state index contributed by atoms with van der Waals surface area (Å²) >= 11 is 0. The SMILES string of the molecule is O=C(NC(Cc1ccc(-c2ccccc2)cc1)CC(O)C(=O)OCCCCOc1[nH]o[n+](=O)c1S(=O)(=O)c1ccccc1)c1cc(=O)[nH]o1. The molecule has 5 aromatic rings. The maximum Gasteiger partial charge on any atom is 0.404 e. The van der Waals surface area contributed by atoms with Crippen LogP contribution in [0.5, 0.6) is 5.88 Å². The second-order valence-corrected chi connectivity index (χ2v) is 12.8. The van der Waals surface area contributed by atoms with E-state index in [1.807, 2.05) is 59.8 Å². The van der Waals surface area contributed by atoms with Crippen LogP contribution in [0.4, 0.5) is 0 Å². The highest BCUT2D eigenvalue weighted by Crippen LogP contribution is 2.24. The summed E-state index contributed by atoms with van der Waals surface area (Å²) in [5.74, 6) is -2.26. The number of nitrogens with zero attached hydrogens (tertiary/aromatic N) is 1. The minimum atomic E-state index is -4.23. The maximum absolute atomic E-state index is 12.9. The predicted molar refractivity (Wildman–Crippen MR) is 171 cm³/mol. The monoisotopic (exact) mass is 693 g/mol. The van der Waals surface area contributed by atoms with Crippen molar-refractivity contribution in [3.05, 3.63) is 118 Å². The molecule has 2 aromatic heterocycles. The lowest BCUT2D eigenvalue weighted by atomic mass is 9.97. The van der Waals surface area contributed by atoms with Crippen LogP contribution in [-0.2, 0) is 25.8 Å². The van der Waals surface area contributed by atoms with E-state index in [1.54, 1.807) is 6.07 Å². The molecule has 0 spiro atoms. The fraction of sp³-hybridized carbons (Fsp3) is 0.242. The number of aliphatic hydroxyl groups is 1. The molecule has 4 N–H and O–H groups in total. The number of H-pyrrole nitrogens is 2. The molecular weight excluding hydrogens is 660 g/mol. The molecule has 5 rings (SSSR count). The highest BCUT2D eigenvalue weighted by molar-refractivity contribution is 7.91. The maximum atomic E-state index is 12.9. The topological polar surface area (TPSA) is 217 Å². The third kappa shape index (κ3) is 9.00. The van der Waals surface area contributed by atoms with E-state index < -0.39 is 44.4 Å². The number of carbonyl (C=O) groups excluding carboxylic acids is 2. The van der Waals surface area contributed by atoms with Crippen LogP contribution in [0.1, 0.15) is 35.4 Å².